The third kappa shape index (κ3) is 3.35. The number of nitrogens with two attached hydrogens (primary N) is 1. The van der Waals surface area contributed by atoms with Crippen LogP contribution < -0.4 is 5.73 Å². The first-order valence-corrected chi connectivity index (χ1v) is 13.3. The summed E-state index contributed by atoms with van der Waals surface area (Å²) in [4.78, 5) is 41.8. The highest BCUT2D eigenvalue weighted by molar-refractivity contribution is 7.22. The molecule has 0 fully saturated rings. The number of rotatable bonds is 3. The molecule has 39 heavy (non-hydrogen) atoms. The van der Waals surface area contributed by atoms with E-state index in [9.17, 15) is 34.8 Å². The van der Waals surface area contributed by atoms with Gasteiger partial charge in [0.05, 0.1) is 11.6 Å². The summed E-state index contributed by atoms with van der Waals surface area (Å²) in [6.45, 7) is 0. The largest absolute Gasteiger partial charge is 0.510 e. The van der Waals surface area contributed by atoms with Gasteiger partial charge < -0.3 is 26.2 Å². The van der Waals surface area contributed by atoms with Crippen molar-refractivity contribution in [3.05, 3.63) is 76.3 Å². The molecular formula is C29H26N2O7S. The van der Waals surface area contributed by atoms with Crippen LogP contribution in [0.3, 0.4) is 0 Å². The molecule has 0 saturated heterocycles. The molecule has 0 saturated carbocycles. The molecule has 9 nitrogen and oxygen atoms in total. The average Bonchev–Trinajstić information content (AvgIpc) is 3.30. The number of aromatic hydroxyl groups is 1. The quantitative estimate of drug-likeness (QED) is 0.313. The van der Waals surface area contributed by atoms with E-state index in [0.717, 1.165) is 20.5 Å². The Morgan fingerprint density at radius 2 is 1.82 bits per heavy atom. The summed E-state index contributed by atoms with van der Waals surface area (Å²) in [7, 11) is 3.20. The lowest BCUT2D eigenvalue weighted by molar-refractivity contribution is -0.148. The number of fused-ring (bicyclic) bond motifs is 4. The predicted octanol–water partition coefficient (Wildman–Crippen LogP) is 3.00. The highest BCUT2D eigenvalue weighted by Crippen LogP contribution is 2.53. The molecule has 1 heterocycles. The van der Waals surface area contributed by atoms with E-state index in [1.165, 1.54) is 11.0 Å². The van der Waals surface area contributed by atoms with Gasteiger partial charge in [-0.15, -0.1) is 11.3 Å². The Kier molecular flexibility index (Phi) is 5.52. The van der Waals surface area contributed by atoms with E-state index in [1.54, 1.807) is 31.5 Å². The summed E-state index contributed by atoms with van der Waals surface area (Å²) in [6, 6.07) is 12.1. The molecular weight excluding hydrogens is 520 g/mol. The lowest BCUT2D eigenvalue weighted by Crippen LogP contribution is -2.63. The van der Waals surface area contributed by atoms with Crippen LogP contribution in [0.2, 0.25) is 0 Å². The lowest BCUT2D eigenvalue weighted by atomic mass is 9.58. The van der Waals surface area contributed by atoms with Gasteiger partial charge in [-0.2, -0.15) is 0 Å². The number of hydrogen-bond donors (Lipinski definition) is 5. The van der Waals surface area contributed by atoms with Crippen molar-refractivity contribution >= 4 is 38.9 Å². The van der Waals surface area contributed by atoms with Gasteiger partial charge in [0.1, 0.15) is 22.8 Å². The van der Waals surface area contributed by atoms with Gasteiger partial charge in [0, 0.05) is 21.1 Å². The Hall–Kier alpha value is -3.99. The van der Waals surface area contributed by atoms with Crippen molar-refractivity contribution in [2.24, 2.45) is 17.6 Å². The number of amides is 1. The number of Topliss-reactive ketones (excluding diaryl/α,β-unsaturated/α-hetero) is 2. The summed E-state index contributed by atoms with van der Waals surface area (Å²) >= 11 is 1.56. The summed E-state index contributed by atoms with van der Waals surface area (Å²) < 4.78 is 1.07. The zero-order valence-corrected chi connectivity index (χ0v) is 22.0. The van der Waals surface area contributed by atoms with Crippen LogP contribution in [0.25, 0.3) is 20.5 Å². The number of hydrogen-bond acceptors (Lipinski definition) is 9. The van der Waals surface area contributed by atoms with E-state index in [4.69, 9.17) is 5.73 Å². The van der Waals surface area contributed by atoms with Crippen LogP contribution in [0.4, 0.5) is 0 Å². The number of carbonyl (C=O) groups is 3. The number of aliphatic hydroxyl groups excluding tert-OH is 2. The number of carbonyl (C=O) groups excluding carboxylic acids is 3. The molecule has 6 rings (SSSR count). The minimum atomic E-state index is -2.65. The Balaban J connectivity index is 1.55. The van der Waals surface area contributed by atoms with E-state index < -0.39 is 58.0 Å². The van der Waals surface area contributed by atoms with E-state index in [0.29, 0.717) is 5.56 Å². The van der Waals surface area contributed by atoms with Crippen molar-refractivity contribution in [2.45, 2.75) is 24.5 Å². The Morgan fingerprint density at radius 1 is 1.10 bits per heavy atom. The summed E-state index contributed by atoms with van der Waals surface area (Å²) in [6.07, 6.45) is 0.291. The first-order valence-electron chi connectivity index (χ1n) is 12.4. The fourth-order valence-electron chi connectivity index (χ4n) is 6.60. The molecule has 3 aliphatic rings. The zero-order chi connectivity index (χ0) is 28.0. The van der Waals surface area contributed by atoms with Crippen molar-refractivity contribution in [3.63, 3.8) is 0 Å². The molecule has 0 unspecified atom stereocenters. The number of nitrogens with zero attached hydrogens (tertiary/aromatic N) is 1. The van der Waals surface area contributed by atoms with Crippen LogP contribution in [0.5, 0.6) is 5.75 Å². The summed E-state index contributed by atoms with van der Waals surface area (Å²) in [5.41, 5.74) is 3.13. The first-order chi connectivity index (χ1) is 18.5. The second kappa shape index (κ2) is 8.51. The fraction of sp³-hybridized carbons (Fsp3) is 0.276. The van der Waals surface area contributed by atoms with Gasteiger partial charge in [0.15, 0.2) is 11.4 Å². The van der Waals surface area contributed by atoms with Crippen molar-refractivity contribution in [1.82, 2.24) is 4.90 Å². The van der Waals surface area contributed by atoms with E-state index in [-0.39, 0.29) is 29.7 Å². The van der Waals surface area contributed by atoms with Crippen LogP contribution in [0.1, 0.15) is 22.3 Å². The molecule has 0 aliphatic heterocycles. The number of likely N-dealkylation sites (N-methyl/N-ethyl adjacent to an activating group) is 1. The first kappa shape index (κ1) is 25.3. The van der Waals surface area contributed by atoms with E-state index >= 15 is 0 Å². The molecule has 6 N–H and O–H groups in total. The number of primary amides is 1. The second-order valence-corrected chi connectivity index (χ2v) is 11.7. The molecule has 3 aromatic rings. The number of phenols is 1. The SMILES string of the molecule is CN(C)[C@@H]1C(O)=C(C(N)=O)C(=O)[C@]2(O)C(O)=C3C(=O)c4c(O)ccc(-c5cc6ccccc6s5)c4C[C@@H]3C[C@H]12. The van der Waals surface area contributed by atoms with Crippen LogP contribution in [-0.2, 0) is 16.0 Å². The van der Waals surface area contributed by atoms with Crippen LogP contribution in [0, 0.1) is 11.8 Å². The Morgan fingerprint density at radius 3 is 2.49 bits per heavy atom. The van der Waals surface area contributed by atoms with E-state index in [1.807, 2.05) is 30.3 Å². The number of aliphatic hydroxyl groups is 3. The number of phenolic OH excluding ortho intramolecular Hbond substituents is 1. The monoisotopic (exact) mass is 546 g/mol. The maximum absolute atomic E-state index is 13.9. The smallest absolute Gasteiger partial charge is 0.255 e. The second-order valence-electron chi connectivity index (χ2n) is 10.6. The number of benzene rings is 2. The van der Waals surface area contributed by atoms with Crippen molar-refractivity contribution in [1.29, 1.82) is 0 Å². The Bertz CT molecular complexity index is 1650. The zero-order valence-electron chi connectivity index (χ0n) is 21.1. The average molecular weight is 547 g/mol. The highest BCUT2D eigenvalue weighted by Gasteiger charge is 2.63. The molecule has 4 atom stereocenters. The topological polar surface area (TPSA) is 161 Å². The summed E-state index contributed by atoms with van der Waals surface area (Å²) in [5, 5.41) is 45.8. The highest BCUT2D eigenvalue weighted by atomic mass is 32.1. The summed E-state index contributed by atoms with van der Waals surface area (Å²) in [5.74, 6) is -6.60. The minimum absolute atomic E-state index is 0.00531. The number of ketones is 2. The number of thiophene rings is 1. The normalized spacial score (nSPS) is 26.6. The molecule has 0 radical (unpaired) electrons. The van der Waals surface area contributed by atoms with Gasteiger partial charge in [-0.05, 0) is 73.6 Å². The maximum Gasteiger partial charge on any atom is 0.255 e. The van der Waals surface area contributed by atoms with Crippen molar-refractivity contribution in [2.75, 3.05) is 14.1 Å². The van der Waals surface area contributed by atoms with Gasteiger partial charge in [-0.1, -0.05) is 18.2 Å². The molecule has 10 heteroatoms. The third-order valence-corrected chi connectivity index (χ3v) is 9.45. The standard InChI is InChI=1S/C29H26N2O7S/c1-31(2)23-16-10-13-9-15-14(19-11-12-5-3-4-6-18(12)39-19)7-8-17(32)21(15)24(33)20(13)26(35)29(16,38)27(36)22(25(23)34)28(30)37/h3-8,11,13,16,23,32,34-35,38H,9-10H2,1-2H3,(H2,30,37)/t13-,16-,23+,29-/m1/s1. The van der Waals surface area contributed by atoms with Crippen molar-refractivity contribution < 1.29 is 34.8 Å². The lowest BCUT2D eigenvalue weighted by Gasteiger charge is -2.50. The van der Waals surface area contributed by atoms with E-state index in [2.05, 4.69) is 0 Å². The predicted molar refractivity (Wildman–Crippen MR) is 144 cm³/mol. The third-order valence-electron chi connectivity index (χ3n) is 8.30. The number of allylic oxidation sites excluding steroid dienone is 1. The van der Waals surface area contributed by atoms with Gasteiger partial charge in [-0.25, -0.2) is 0 Å². The van der Waals surface area contributed by atoms with Gasteiger partial charge in [-0.3, -0.25) is 19.3 Å². The maximum atomic E-state index is 13.9. The van der Waals surface area contributed by atoms with Crippen LogP contribution in [-0.4, -0.2) is 68.5 Å². The molecule has 200 valence electrons. The molecule has 2 aromatic carbocycles. The van der Waals surface area contributed by atoms with Crippen LogP contribution >= 0.6 is 11.3 Å². The fourth-order valence-corrected chi connectivity index (χ4v) is 7.71. The van der Waals surface area contributed by atoms with Gasteiger partial charge >= 0.3 is 0 Å². The Labute approximate surface area is 227 Å². The van der Waals surface area contributed by atoms with Crippen molar-refractivity contribution in [3.8, 4) is 16.2 Å². The van der Waals surface area contributed by atoms with Crippen LogP contribution in [0.15, 0.2) is 65.1 Å². The molecule has 3 aliphatic carbocycles. The van der Waals surface area contributed by atoms with Gasteiger partial charge in [0.25, 0.3) is 5.91 Å². The molecule has 0 spiro atoms. The van der Waals surface area contributed by atoms with Gasteiger partial charge in [0.2, 0.25) is 5.78 Å². The molecule has 1 aromatic heterocycles. The molecule has 1 amide bonds. The molecule has 0 bridgehead atoms. The minimum Gasteiger partial charge on any atom is -0.510 e.